The molecule has 0 aliphatic carbocycles. The number of alkyl halides is 1. The Morgan fingerprint density at radius 2 is 1.69 bits per heavy atom. The van der Waals surface area contributed by atoms with Crippen LogP contribution in [0.1, 0.15) is 0 Å². The summed E-state index contributed by atoms with van der Waals surface area (Å²) in [5.74, 6) is 0.955. The van der Waals surface area contributed by atoms with Crippen LogP contribution in [-0.4, -0.2) is 13.2 Å². The van der Waals surface area contributed by atoms with E-state index >= 15 is 0 Å². The Hall–Kier alpha value is -0.310. The summed E-state index contributed by atoms with van der Waals surface area (Å²) in [6.07, 6.45) is 0. The lowest BCUT2D eigenvalue weighted by Crippen LogP contribution is -1.91. The standard InChI is InChI=1S/C8H7Cl3O2/c1-12-7-2-6(11)8(13-4-9)3-5(7)10/h2-3H,4H2,1H3. The minimum atomic E-state index is 0.0301. The zero-order valence-corrected chi connectivity index (χ0v) is 9.08. The van der Waals surface area contributed by atoms with Gasteiger partial charge in [-0.15, -0.1) is 0 Å². The molecule has 0 heterocycles. The molecular weight excluding hydrogens is 234 g/mol. The summed E-state index contributed by atoms with van der Waals surface area (Å²) in [6, 6.07) is 3.17. The topological polar surface area (TPSA) is 18.5 Å². The minimum Gasteiger partial charge on any atom is -0.495 e. The fraction of sp³-hybridized carbons (Fsp3) is 0.250. The van der Waals surface area contributed by atoms with E-state index in [0.29, 0.717) is 21.5 Å². The van der Waals surface area contributed by atoms with Gasteiger partial charge in [0, 0.05) is 12.1 Å². The zero-order chi connectivity index (χ0) is 9.84. The molecule has 0 spiro atoms. The van der Waals surface area contributed by atoms with Gasteiger partial charge in [0.1, 0.15) is 11.5 Å². The highest BCUT2D eigenvalue weighted by Gasteiger charge is 2.07. The van der Waals surface area contributed by atoms with Gasteiger partial charge >= 0.3 is 0 Å². The Morgan fingerprint density at radius 1 is 1.15 bits per heavy atom. The second-order valence-corrected chi connectivity index (χ2v) is 3.20. The molecule has 1 rings (SSSR count). The molecule has 1 aromatic carbocycles. The van der Waals surface area contributed by atoms with Crippen LogP contribution >= 0.6 is 34.8 Å². The first-order chi connectivity index (χ1) is 6.19. The molecule has 5 heteroatoms. The Bertz CT molecular complexity index is 302. The molecule has 2 nitrogen and oxygen atoms in total. The second-order valence-electron chi connectivity index (χ2n) is 2.17. The maximum atomic E-state index is 5.84. The molecule has 0 aliphatic rings. The molecule has 0 atom stereocenters. The number of methoxy groups -OCH3 is 1. The Balaban J connectivity index is 3.05. The minimum absolute atomic E-state index is 0.0301. The van der Waals surface area contributed by atoms with Gasteiger partial charge in [-0.25, -0.2) is 0 Å². The van der Waals surface area contributed by atoms with Crippen molar-refractivity contribution in [3.63, 3.8) is 0 Å². The highest BCUT2D eigenvalue weighted by atomic mass is 35.5. The molecule has 0 aliphatic heterocycles. The fourth-order valence-electron chi connectivity index (χ4n) is 0.836. The Morgan fingerprint density at radius 3 is 2.23 bits per heavy atom. The molecular formula is C8H7Cl3O2. The van der Waals surface area contributed by atoms with Gasteiger partial charge in [-0.3, -0.25) is 0 Å². The molecule has 0 N–H and O–H groups in total. The van der Waals surface area contributed by atoms with Crippen molar-refractivity contribution >= 4 is 34.8 Å². The first kappa shape index (κ1) is 10.8. The van der Waals surface area contributed by atoms with Crippen molar-refractivity contribution in [2.75, 3.05) is 13.2 Å². The van der Waals surface area contributed by atoms with Crippen LogP contribution in [0.4, 0.5) is 0 Å². The van der Waals surface area contributed by atoms with E-state index in [1.54, 1.807) is 12.1 Å². The van der Waals surface area contributed by atoms with Crippen molar-refractivity contribution in [2.45, 2.75) is 0 Å². The van der Waals surface area contributed by atoms with Crippen molar-refractivity contribution in [3.05, 3.63) is 22.2 Å². The largest absolute Gasteiger partial charge is 0.495 e. The van der Waals surface area contributed by atoms with E-state index in [1.807, 2.05) is 0 Å². The lowest BCUT2D eigenvalue weighted by molar-refractivity contribution is 0.384. The molecule has 0 saturated carbocycles. The van der Waals surface area contributed by atoms with Crippen molar-refractivity contribution < 1.29 is 9.47 Å². The predicted molar refractivity (Wildman–Crippen MR) is 54.4 cm³/mol. The van der Waals surface area contributed by atoms with Crippen molar-refractivity contribution in [2.24, 2.45) is 0 Å². The van der Waals surface area contributed by atoms with Crippen LogP contribution in [0.3, 0.4) is 0 Å². The van der Waals surface area contributed by atoms with E-state index < -0.39 is 0 Å². The van der Waals surface area contributed by atoms with Crippen molar-refractivity contribution in [3.8, 4) is 11.5 Å². The second kappa shape index (κ2) is 4.80. The average Bonchev–Trinajstić information content (AvgIpc) is 2.11. The van der Waals surface area contributed by atoms with Gasteiger partial charge in [-0.05, 0) is 0 Å². The summed E-state index contributed by atoms with van der Waals surface area (Å²) >= 11 is 17.0. The number of rotatable bonds is 3. The van der Waals surface area contributed by atoms with E-state index in [1.165, 1.54) is 7.11 Å². The smallest absolute Gasteiger partial charge is 0.162 e. The third-order valence-corrected chi connectivity index (χ3v) is 2.12. The molecule has 0 aromatic heterocycles. The van der Waals surface area contributed by atoms with Crippen LogP contribution in [0.25, 0.3) is 0 Å². The van der Waals surface area contributed by atoms with E-state index in [9.17, 15) is 0 Å². The normalized spacial score (nSPS) is 9.85. The van der Waals surface area contributed by atoms with Crippen LogP contribution in [0, 0.1) is 0 Å². The molecule has 0 bridgehead atoms. The van der Waals surface area contributed by atoms with Gasteiger partial charge in [0.15, 0.2) is 6.07 Å². The molecule has 0 amide bonds. The Kier molecular flexibility index (Phi) is 3.97. The molecule has 72 valence electrons. The van der Waals surface area contributed by atoms with Crippen LogP contribution in [0.15, 0.2) is 12.1 Å². The Labute approximate surface area is 91.3 Å². The summed E-state index contributed by atoms with van der Waals surface area (Å²) in [5, 5.41) is 0.855. The van der Waals surface area contributed by atoms with Gasteiger partial charge in [-0.2, -0.15) is 0 Å². The van der Waals surface area contributed by atoms with Crippen molar-refractivity contribution in [1.82, 2.24) is 0 Å². The van der Waals surface area contributed by atoms with Crippen LogP contribution in [0.2, 0.25) is 10.0 Å². The maximum Gasteiger partial charge on any atom is 0.162 e. The predicted octanol–water partition coefficient (Wildman–Crippen LogP) is 3.58. The number of halogens is 3. The van der Waals surface area contributed by atoms with Gasteiger partial charge in [0.05, 0.1) is 17.2 Å². The summed E-state index contributed by atoms with van der Waals surface area (Å²) < 4.78 is 9.96. The first-order valence-corrected chi connectivity index (χ1v) is 4.70. The molecule has 0 unspecified atom stereocenters. The quantitative estimate of drug-likeness (QED) is 0.753. The molecule has 0 fully saturated rings. The summed E-state index contributed by atoms with van der Waals surface area (Å²) in [7, 11) is 1.51. The number of ether oxygens (including phenoxy) is 2. The lowest BCUT2D eigenvalue weighted by Gasteiger charge is -2.08. The van der Waals surface area contributed by atoms with Gasteiger partial charge in [-0.1, -0.05) is 34.8 Å². The fourth-order valence-corrected chi connectivity index (χ4v) is 1.39. The number of hydrogen-bond acceptors (Lipinski definition) is 2. The average molecular weight is 242 g/mol. The van der Waals surface area contributed by atoms with Crippen LogP contribution < -0.4 is 9.47 Å². The van der Waals surface area contributed by atoms with E-state index in [-0.39, 0.29) is 6.07 Å². The third kappa shape index (κ3) is 2.56. The number of benzene rings is 1. The summed E-state index contributed by atoms with van der Waals surface area (Å²) in [5.41, 5.74) is 0. The summed E-state index contributed by atoms with van der Waals surface area (Å²) in [6.45, 7) is 0. The third-order valence-electron chi connectivity index (χ3n) is 1.42. The highest BCUT2D eigenvalue weighted by Crippen LogP contribution is 2.35. The van der Waals surface area contributed by atoms with E-state index in [4.69, 9.17) is 44.3 Å². The molecule has 1 aromatic rings. The molecule has 0 radical (unpaired) electrons. The first-order valence-electron chi connectivity index (χ1n) is 3.41. The van der Waals surface area contributed by atoms with E-state index in [2.05, 4.69) is 0 Å². The lowest BCUT2D eigenvalue weighted by atomic mass is 10.3. The monoisotopic (exact) mass is 240 g/mol. The molecule has 13 heavy (non-hydrogen) atoms. The van der Waals surface area contributed by atoms with Crippen LogP contribution in [-0.2, 0) is 0 Å². The van der Waals surface area contributed by atoms with E-state index in [0.717, 1.165) is 0 Å². The highest BCUT2D eigenvalue weighted by molar-refractivity contribution is 6.35. The maximum absolute atomic E-state index is 5.84. The zero-order valence-electron chi connectivity index (χ0n) is 6.81. The van der Waals surface area contributed by atoms with Crippen LogP contribution in [0.5, 0.6) is 11.5 Å². The van der Waals surface area contributed by atoms with Gasteiger partial charge in [0.25, 0.3) is 0 Å². The summed E-state index contributed by atoms with van der Waals surface area (Å²) in [4.78, 5) is 0. The number of hydrogen-bond donors (Lipinski definition) is 0. The van der Waals surface area contributed by atoms with Gasteiger partial charge < -0.3 is 9.47 Å². The van der Waals surface area contributed by atoms with Crippen molar-refractivity contribution in [1.29, 1.82) is 0 Å². The molecule has 0 saturated heterocycles. The van der Waals surface area contributed by atoms with Gasteiger partial charge in [0.2, 0.25) is 0 Å². The SMILES string of the molecule is COc1cc(Cl)c(OCCl)cc1Cl.